The number of esters is 1. The van der Waals surface area contributed by atoms with Crippen molar-refractivity contribution in [2.24, 2.45) is 0 Å². The monoisotopic (exact) mass is 233 g/mol. The minimum atomic E-state index is -0.434. The minimum Gasteiger partial charge on any atom is -0.458 e. The van der Waals surface area contributed by atoms with Gasteiger partial charge in [-0.1, -0.05) is 18.7 Å². The van der Waals surface area contributed by atoms with Crippen LogP contribution in [0, 0.1) is 6.92 Å². The van der Waals surface area contributed by atoms with Crippen molar-refractivity contribution in [2.45, 2.75) is 13.8 Å². The van der Waals surface area contributed by atoms with Crippen molar-refractivity contribution < 1.29 is 14.3 Å². The Morgan fingerprint density at radius 3 is 2.76 bits per heavy atom. The second kappa shape index (κ2) is 5.84. The molecule has 0 aliphatic rings. The smallest absolute Gasteiger partial charge is 0.338 e. The Kier molecular flexibility index (Phi) is 4.46. The third kappa shape index (κ3) is 3.75. The molecule has 0 unspecified atom stereocenters. The number of carbonyl (C=O) groups excluding carboxylic acids is 2. The standard InChI is InChI=1S/C13H15NO3/c1-4-7-17-13(16)11-6-5-9(2)12(8-11)14-10(3)15/h4-6,8H,1,7H2,2-3H3,(H,14,15). The Morgan fingerprint density at radius 1 is 1.47 bits per heavy atom. The lowest BCUT2D eigenvalue weighted by molar-refractivity contribution is -0.114. The van der Waals surface area contributed by atoms with Gasteiger partial charge in [-0.25, -0.2) is 4.79 Å². The van der Waals surface area contributed by atoms with Gasteiger partial charge in [0.25, 0.3) is 0 Å². The molecule has 0 heterocycles. The molecule has 1 rings (SSSR count). The van der Waals surface area contributed by atoms with E-state index in [2.05, 4.69) is 11.9 Å². The molecule has 0 saturated carbocycles. The van der Waals surface area contributed by atoms with Gasteiger partial charge in [0.2, 0.25) is 5.91 Å². The average Bonchev–Trinajstić information content (AvgIpc) is 2.28. The number of amides is 1. The van der Waals surface area contributed by atoms with Gasteiger partial charge in [-0.15, -0.1) is 0 Å². The average molecular weight is 233 g/mol. The Hall–Kier alpha value is -2.10. The summed E-state index contributed by atoms with van der Waals surface area (Å²) in [6.07, 6.45) is 1.50. The molecule has 1 aromatic rings. The molecule has 0 saturated heterocycles. The first-order valence-electron chi connectivity index (χ1n) is 5.21. The van der Waals surface area contributed by atoms with Crippen molar-refractivity contribution in [1.82, 2.24) is 0 Å². The van der Waals surface area contributed by atoms with Gasteiger partial charge < -0.3 is 10.1 Å². The normalized spacial score (nSPS) is 9.53. The van der Waals surface area contributed by atoms with Crippen molar-refractivity contribution in [3.63, 3.8) is 0 Å². The highest BCUT2D eigenvalue weighted by Gasteiger charge is 2.09. The lowest BCUT2D eigenvalue weighted by Gasteiger charge is -2.08. The van der Waals surface area contributed by atoms with E-state index in [1.807, 2.05) is 6.92 Å². The molecule has 4 heteroatoms. The van der Waals surface area contributed by atoms with Gasteiger partial charge in [-0.3, -0.25) is 4.79 Å². The van der Waals surface area contributed by atoms with E-state index >= 15 is 0 Å². The van der Waals surface area contributed by atoms with Crippen LogP contribution >= 0.6 is 0 Å². The van der Waals surface area contributed by atoms with Gasteiger partial charge in [0.05, 0.1) is 5.56 Å². The zero-order valence-electron chi connectivity index (χ0n) is 9.95. The number of nitrogens with one attached hydrogen (secondary N) is 1. The number of benzene rings is 1. The zero-order chi connectivity index (χ0) is 12.8. The fourth-order valence-electron chi connectivity index (χ4n) is 1.29. The molecule has 90 valence electrons. The maximum Gasteiger partial charge on any atom is 0.338 e. The fraction of sp³-hybridized carbons (Fsp3) is 0.231. The molecule has 0 spiro atoms. The van der Waals surface area contributed by atoms with Gasteiger partial charge in [-0.05, 0) is 24.6 Å². The molecule has 1 aromatic carbocycles. The molecular formula is C13H15NO3. The van der Waals surface area contributed by atoms with Crippen LogP contribution in [-0.4, -0.2) is 18.5 Å². The van der Waals surface area contributed by atoms with Crippen LogP contribution in [0.25, 0.3) is 0 Å². The fourth-order valence-corrected chi connectivity index (χ4v) is 1.29. The first-order valence-corrected chi connectivity index (χ1v) is 5.21. The highest BCUT2D eigenvalue weighted by atomic mass is 16.5. The predicted molar refractivity (Wildman–Crippen MR) is 66.0 cm³/mol. The third-order valence-electron chi connectivity index (χ3n) is 2.12. The van der Waals surface area contributed by atoms with Gasteiger partial charge in [0.1, 0.15) is 6.61 Å². The number of ether oxygens (including phenoxy) is 1. The molecule has 17 heavy (non-hydrogen) atoms. The number of rotatable bonds is 4. The Balaban J connectivity index is 2.91. The molecule has 1 amide bonds. The zero-order valence-corrected chi connectivity index (χ0v) is 9.95. The molecule has 0 aliphatic carbocycles. The molecular weight excluding hydrogens is 218 g/mol. The van der Waals surface area contributed by atoms with Crippen LogP contribution in [0.15, 0.2) is 30.9 Å². The lowest BCUT2D eigenvalue weighted by atomic mass is 10.1. The maximum atomic E-state index is 11.6. The van der Waals surface area contributed by atoms with E-state index in [-0.39, 0.29) is 12.5 Å². The third-order valence-corrected chi connectivity index (χ3v) is 2.12. The summed E-state index contributed by atoms with van der Waals surface area (Å²) in [5.41, 5.74) is 1.91. The van der Waals surface area contributed by atoms with Crippen molar-refractivity contribution >= 4 is 17.6 Å². The molecule has 0 bridgehead atoms. The van der Waals surface area contributed by atoms with Crippen LogP contribution in [0.5, 0.6) is 0 Å². The predicted octanol–water partition coefficient (Wildman–Crippen LogP) is 2.30. The summed E-state index contributed by atoms with van der Waals surface area (Å²) in [5.74, 6) is -0.610. The second-order valence-electron chi connectivity index (χ2n) is 3.60. The molecule has 0 fully saturated rings. The summed E-state index contributed by atoms with van der Waals surface area (Å²) in [4.78, 5) is 22.5. The van der Waals surface area contributed by atoms with E-state index in [0.717, 1.165) is 5.56 Å². The highest BCUT2D eigenvalue weighted by Crippen LogP contribution is 2.17. The van der Waals surface area contributed by atoms with Gasteiger partial charge in [0.15, 0.2) is 0 Å². The first-order chi connectivity index (χ1) is 8.04. The van der Waals surface area contributed by atoms with Crippen LogP contribution in [-0.2, 0) is 9.53 Å². The molecule has 0 aromatic heterocycles. The summed E-state index contributed by atoms with van der Waals surface area (Å²) >= 11 is 0. The summed E-state index contributed by atoms with van der Waals surface area (Å²) in [5, 5.41) is 2.66. The summed E-state index contributed by atoms with van der Waals surface area (Å²) < 4.78 is 4.91. The highest BCUT2D eigenvalue weighted by molar-refractivity contribution is 5.94. The van der Waals surface area contributed by atoms with E-state index < -0.39 is 5.97 Å². The van der Waals surface area contributed by atoms with Crippen molar-refractivity contribution in [2.75, 3.05) is 11.9 Å². The van der Waals surface area contributed by atoms with Crippen molar-refractivity contribution in [1.29, 1.82) is 0 Å². The van der Waals surface area contributed by atoms with Gasteiger partial charge in [-0.2, -0.15) is 0 Å². The molecule has 4 nitrogen and oxygen atoms in total. The van der Waals surface area contributed by atoms with E-state index in [4.69, 9.17) is 4.74 Å². The van der Waals surface area contributed by atoms with Crippen molar-refractivity contribution in [3.05, 3.63) is 42.0 Å². The largest absolute Gasteiger partial charge is 0.458 e. The molecule has 0 aliphatic heterocycles. The lowest BCUT2D eigenvalue weighted by Crippen LogP contribution is -2.10. The Bertz CT molecular complexity index is 452. The SMILES string of the molecule is C=CCOC(=O)c1ccc(C)c(NC(C)=O)c1. The molecule has 0 atom stereocenters. The number of hydrogen-bond donors (Lipinski definition) is 1. The second-order valence-corrected chi connectivity index (χ2v) is 3.60. The van der Waals surface area contributed by atoms with E-state index in [9.17, 15) is 9.59 Å². The summed E-state index contributed by atoms with van der Waals surface area (Å²) in [7, 11) is 0. The van der Waals surface area contributed by atoms with Crippen LogP contribution in [0.1, 0.15) is 22.8 Å². The topological polar surface area (TPSA) is 55.4 Å². The van der Waals surface area contributed by atoms with Crippen LogP contribution in [0.4, 0.5) is 5.69 Å². The molecule has 0 radical (unpaired) electrons. The van der Waals surface area contributed by atoms with Crippen LogP contribution in [0.2, 0.25) is 0 Å². The Labute approximate surface area is 100 Å². The number of hydrogen-bond acceptors (Lipinski definition) is 3. The maximum absolute atomic E-state index is 11.6. The Morgan fingerprint density at radius 2 is 2.18 bits per heavy atom. The number of aryl methyl sites for hydroxylation is 1. The van der Waals surface area contributed by atoms with Crippen LogP contribution < -0.4 is 5.32 Å². The van der Waals surface area contributed by atoms with Gasteiger partial charge >= 0.3 is 5.97 Å². The van der Waals surface area contributed by atoms with Crippen molar-refractivity contribution in [3.8, 4) is 0 Å². The summed E-state index contributed by atoms with van der Waals surface area (Å²) in [6.45, 7) is 6.90. The quantitative estimate of drug-likeness (QED) is 0.641. The minimum absolute atomic E-state index is 0.169. The summed E-state index contributed by atoms with van der Waals surface area (Å²) in [6, 6.07) is 5.02. The van der Waals surface area contributed by atoms with Crippen LogP contribution in [0.3, 0.4) is 0 Å². The first kappa shape index (κ1) is 13.0. The van der Waals surface area contributed by atoms with E-state index in [0.29, 0.717) is 11.3 Å². The number of anilines is 1. The van der Waals surface area contributed by atoms with Gasteiger partial charge in [0, 0.05) is 12.6 Å². The molecule has 1 N–H and O–H groups in total. The van der Waals surface area contributed by atoms with E-state index in [1.54, 1.807) is 18.2 Å². The number of carbonyl (C=O) groups is 2. The van der Waals surface area contributed by atoms with E-state index in [1.165, 1.54) is 13.0 Å².